The lowest BCUT2D eigenvalue weighted by molar-refractivity contribution is 0.489. The van der Waals surface area contributed by atoms with E-state index >= 15 is 0 Å². The van der Waals surface area contributed by atoms with Gasteiger partial charge in [-0.25, -0.2) is 8.78 Å². The van der Waals surface area contributed by atoms with Gasteiger partial charge in [0.1, 0.15) is 0 Å². The van der Waals surface area contributed by atoms with Crippen molar-refractivity contribution in [2.45, 2.75) is 12.5 Å². The van der Waals surface area contributed by atoms with Gasteiger partial charge in [0.15, 0.2) is 11.6 Å². The Balaban J connectivity index is 0.00000169. The Morgan fingerprint density at radius 2 is 2.07 bits per heavy atom. The van der Waals surface area contributed by atoms with Crippen molar-refractivity contribution in [1.82, 2.24) is 0 Å². The first-order valence-electron chi connectivity index (χ1n) is 3.97. The highest BCUT2D eigenvalue weighted by Crippen LogP contribution is 2.19. The van der Waals surface area contributed by atoms with Gasteiger partial charge in [-0.05, 0) is 12.5 Å². The summed E-state index contributed by atoms with van der Waals surface area (Å²) in [4.78, 5) is 0. The first kappa shape index (κ1) is 13.1. The van der Waals surface area contributed by atoms with Crippen LogP contribution in [0.4, 0.5) is 8.78 Å². The second-order valence-corrected chi connectivity index (χ2v) is 2.77. The Bertz CT molecular complexity index is 315. The Kier molecular flexibility index (Phi) is 5.35. The van der Waals surface area contributed by atoms with Gasteiger partial charge in [-0.15, -0.1) is 19.0 Å². The summed E-state index contributed by atoms with van der Waals surface area (Å²) in [7, 11) is 0. The summed E-state index contributed by atoms with van der Waals surface area (Å²) in [6.45, 7) is 3.48. The van der Waals surface area contributed by atoms with Crippen LogP contribution in [0.15, 0.2) is 30.9 Å². The molecule has 0 fully saturated rings. The molecule has 0 aromatic heterocycles. The molecule has 1 rings (SSSR count). The number of halogens is 3. The molecule has 0 saturated heterocycles. The predicted octanol–water partition coefficient (Wildman–Crippen LogP) is 2.96. The highest BCUT2D eigenvalue weighted by Gasteiger charge is 2.12. The minimum atomic E-state index is -0.864. The lowest BCUT2D eigenvalue weighted by Crippen LogP contribution is -2.11. The van der Waals surface area contributed by atoms with Gasteiger partial charge < -0.3 is 5.73 Å². The van der Waals surface area contributed by atoms with Crippen LogP contribution in [-0.4, -0.2) is 0 Å². The minimum absolute atomic E-state index is 0. The van der Waals surface area contributed by atoms with Gasteiger partial charge in [0.05, 0.1) is 0 Å². The highest BCUT2D eigenvalue weighted by molar-refractivity contribution is 5.85. The molecule has 2 N–H and O–H groups in total. The predicted molar refractivity (Wildman–Crippen MR) is 55.3 cm³/mol. The number of benzene rings is 1. The van der Waals surface area contributed by atoms with Gasteiger partial charge in [-0.3, -0.25) is 0 Å². The fourth-order valence-electron chi connectivity index (χ4n) is 1.11. The van der Waals surface area contributed by atoms with Gasteiger partial charge in [-0.2, -0.15) is 0 Å². The third-order valence-corrected chi connectivity index (χ3v) is 1.80. The van der Waals surface area contributed by atoms with Crippen molar-refractivity contribution in [3.63, 3.8) is 0 Å². The molecule has 4 heteroatoms. The van der Waals surface area contributed by atoms with Gasteiger partial charge in [0, 0.05) is 11.6 Å². The maximum Gasteiger partial charge on any atom is 0.163 e. The number of nitrogens with two attached hydrogens (primary N) is 1. The molecule has 0 radical (unpaired) electrons. The Hall–Kier alpha value is -0.930. The highest BCUT2D eigenvalue weighted by atomic mass is 35.5. The molecule has 1 aromatic carbocycles. The molecule has 1 nitrogen and oxygen atoms in total. The zero-order chi connectivity index (χ0) is 9.84. The van der Waals surface area contributed by atoms with Crippen LogP contribution in [0.1, 0.15) is 18.0 Å². The van der Waals surface area contributed by atoms with Crippen LogP contribution in [0.5, 0.6) is 0 Å². The van der Waals surface area contributed by atoms with E-state index in [0.29, 0.717) is 6.42 Å². The summed E-state index contributed by atoms with van der Waals surface area (Å²) in [5.41, 5.74) is 5.79. The van der Waals surface area contributed by atoms with Crippen LogP contribution in [0.25, 0.3) is 0 Å². The molecule has 0 spiro atoms. The third-order valence-electron chi connectivity index (χ3n) is 1.80. The Morgan fingerprint density at radius 1 is 1.43 bits per heavy atom. The Labute approximate surface area is 88.0 Å². The molecule has 0 heterocycles. The molecule has 0 bridgehead atoms. The Morgan fingerprint density at radius 3 is 2.64 bits per heavy atom. The van der Waals surface area contributed by atoms with Crippen molar-refractivity contribution in [2.75, 3.05) is 0 Å². The van der Waals surface area contributed by atoms with Crippen LogP contribution in [0.3, 0.4) is 0 Å². The normalized spacial score (nSPS) is 11.6. The summed E-state index contributed by atoms with van der Waals surface area (Å²) in [5, 5.41) is 0. The molecule has 14 heavy (non-hydrogen) atoms. The summed E-state index contributed by atoms with van der Waals surface area (Å²) in [6.07, 6.45) is 2.01. The van der Waals surface area contributed by atoms with E-state index in [9.17, 15) is 8.78 Å². The standard InChI is InChI=1S/C10H11F2N.ClH/c1-2-4-9(13)7-5-3-6-8(11)10(7)12;/h2-3,5-6,9H,1,4,13H2;1H/t9-;/m1./s1. The first-order chi connectivity index (χ1) is 6.16. The maximum atomic E-state index is 13.1. The van der Waals surface area contributed by atoms with Crippen LogP contribution in [0.2, 0.25) is 0 Å². The minimum Gasteiger partial charge on any atom is -0.324 e. The average Bonchev–Trinajstić information content (AvgIpc) is 2.10. The van der Waals surface area contributed by atoms with Crippen LogP contribution < -0.4 is 5.73 Å². The second-order valence-electron chi connectivity index (χ2n) is 2.77. The molecule has 0 aliphatic rings. The summed E-state index contributed by atoms with van der Waals surface area (Å²) >= 11 is 0. The van der Waals surface area contributed by atoms with Gasteiger partial charge in [0.25, 0.3) is 0 Å². The van der Waals surface area contributed by atoms with Crippen LogP contribution in [0, 0.1) is 11.6 Å². The number of rotatable bonds is 3. The van der Waals surface area contributed by atoms with E-state index in [1.807, 2.05) is 0 Å². The van der Waals surface area contributed by atoms with E-state index < -0.39 is 17.7 Å². The number of hydrogen-bond acceptors (Lipinski definition) is 1. The van der Waals surface area contributed by atoms with E-state index in [1.165, 1.54) is 12.1 Å². The fourth-order valence-corrected chi connectivity index (χ4v) is 1.11. The first-order valence-corrected chi connectivity index (χ1v) is 3.97. The lowest BCUT2D eigenvalue weighted by Gasteiger charge is -2.10. The maximum absolute atomic E-state index is 13.1. The SMILES string of the molecule is C=CC[C@@H](N)c1cccc(F)c1F.Cl. The molecule has 78 valence electrons. The van der Waals surface area contributed by atoms with Gasteiger partial charge >= 0.3 is 0 Å². The molecule has 0 aliphatic carbocycles. The van der Waals surface area contributed by atoms with Crippen LogP contribution >= 0.6 is 12.4 Å². The van der Waals surface area contributed by atoms with E-state index in [1.54, 1.807) is 6.08 Å². The molecule has 0 unspecified atom stereocenters. The quantitative estimate of drug-likeness (QED) is 0.778. The zero-order valence-corrected chi connectivity index (χ0v) is 8.36. The van der Waals surface area contributed by atoms with Crippen molar-refractivity contribution in [2.24, 2.45) is 5.73 Å². The van der Waals surface area contributed by atoms with Crippen molar-refractivity contribution < 1.29 is 8.78 Å². The fraction of sp³-hybridized carbons (Fsp3) is 0.200. The second kappa shape index (κ2) is 5.73. The van der Waals surface area contributed by atoms with E-state index in [4.69, 9.17) is 5.73 Å². The average molecular weight is 220 g/mol. The van der Waals surface area contributed by atoms with Crippen molar-refractivity contribution in [3.05, 3.63) is 48.1 Å². The van der Waals surface area contributed by atoms with Crippen LogP contribution in [-0.2, 0) is 0 Å². The smallest absolute Gasteiger partial charge is 0.163 e. The molecular weight excluding hydrogens is 208 g/mol. The molecule has 0 amide bonds. The monoisotopic (exact) mass is 219 g/mol. The molecule has 0 saturated carbocycles. The van der Waals surface area contributed by atoms with Gasteiger partial charge in [-0.1, -0.05) is 18.2 Å². The molecular formula is C10H12ClF2N. The van der Waals surface area contributed by atoms with Gasteiger partial charge in [0.2, 0.25) is 0 Å². The number of hydrogen-bond donors (Lipinski definition) is 1. The molecule has 0 aliphatic heterocycles. The summed E-state index contributed by atoms with van der Waals surface area (Å²) < 4.78 is 25.8. The molecule has 1 aromatic rings. The van der Waals surface area contributed by atoms with Crippen molar-refractivity contribution in [1.29, 1.82) is 0 Å². The summed E-state index contributed by atoms with van der Waals surface area (Å²) in [5.74, 6) is -1.73. The van der Waals surface area contributed by atoms with E-state index in [-0.39, 0.29) is 18.0 Å². The van der Waals surface area contributed by atoms with Crippen molar-refractivity contribution in [3.8, 4) is 0 Å². The molecule has 1 atom stereocenters. The largest absolute Gasteiger partial charge is 0.324 e. The van der Waals surface area contributed by atoms with E-state index in [2.05, 4.69) is 6.58 Å². The zero-order valence-electron chi connectivity index (χ0n) is 7.54. The lowest BCUT2D eigenvalue weighted by atomic mass is 10.0. The third kappa shape index (κ3) is 2.79. The van der Waals surface area contributed by atoms with Crippen molar-refractivity contribution >= 4 is 12.4 Å². The van der Waals surface area contributed by atoms with E-state index in [0.717, 1.165) is 6.07 Å². The summed E-state index contributed by atoms with van der Waals surface area (Å²) in [6, 6.07) is 3.47. The topological polar surface area (TPSA) is 26.0 Å².